The Morgan fingerprint density at radius 3 is 2.25 bits per heavy atom. The summed E-state index contributed by atoms with van der Waals surface area (Å²) in [6, 6.07) is 6.92. The maximum absolute atomic E-state index is 13.9. The molecule has 106 valence electrons. The van der Waals surface area contributed by atoms with Crippen molar-refractivity contribution in [1.29, 1.82) is 0 Å². The van der Waals surface area contributed by atoms with Crippen molar-refractivity contribution >= 4 is 11.6 Å². The van der Waals surface area contributed by atoms with Gasteiger partial charge in [0.15, 0.2) is 0 Å². The number of aryl methyl sites for hydroxylation is 1. The molecule has 1 N–H and O–H groups in total. The van der Waals surface area contributed by atoms with Crippen LogP contribution in [0.4, 0.5) is 8.78 Å². The summed E-state index contributed by atoms with van der Waals surface area (Å²) < 4.78 is 32.6. The van der Waals surface area contributed by atoms with Gasteiger partial charge in [0.25, 0.3) is 0 Å². The number of hydrogen-bond acceptors (Lipinski definition) is 2. The summed E-state index contributed by atoms with van der Waals surface area (Å²) in [5, 5.41) is 10.4. The van der Waals surface area contributed by atoms with Gasteiger partial charge in [-0.15, -0.1) is 0 Å². The molecule has 1 atom stereocenters. The molecule has 0 aromatic heterocycles. The van der Waals surface area contributed by atoms with Crippen molar-refractivity contribution in [3.8, 4) is 5.75 Å². The lowest BCUT2D eigenvalue weighted by Crippen LogP contribution is -2.07. The fourth-order valence-corrected chi connectivity index (χ4v) is 2.29. The van der Waals surface area contributed by atoms with Crippen LogP contribution in [0.1, 0.15) is 22.8 Å². The van der Waals surface area contributed by atoms with Crippen LogP contribution in [0.15, 0.2) is 30.3 Å². The monoisotopic (exact) mass is 298 g/mol. The number of halogens is 3. The number of hydrogen-bond donors (Lipinski definition) is 1. The Morgan fingerprint density at radius 1 is 1.15 bits per heavy atom. The fourth-order valence-electron chi connectivity index (χ4n) is 1.95. The standard InChI is InChI=1S/C15H13ClF2O2/c1-8-3-4-10(11(16)5-8)15(19)14-12(17)6-9(20-2)7-13(14)18/h3-7,15,19H,1-2H3. The highest BCUT2D eigenvalue weighted by Crippen LogP contribution is 2.33. The van der Waals surface area contributed by atoms with Crippen molar-refractivity contribution in [3.63, 3.8) is 0 Å². The minimum absolute atomic E-state index is 0.0472. The van der Waals surface area contributed by atoms with E-state index in [1.165, 1.54) is 7.11 Å². The zero-order chi connectivity index (χ0) is 14.9. The molecule has 0 fully saturated rings. The first-order valence-corrected chi connectivity index (χ1v) is 6.29. The van der Waals surface area contributed by atoms with E-state index in [9.17, 15) is 13.9 Å². The van der Waals surface area contributed by atoms with E-state index in [4.69, 9.17) is 16.3 Å². The van der Waals surface area contributed by atoms with Crippen LogP contribution in [-0.2, 0) is 0 Å². The molecule has 2 aromatic carbocycles. The van der Waals surface area contributed by atoms with Gasteiger partial charge in [0.05, 0.1) is 12.7 Å². The topological polar surface area (TPSA) is 29.5 Å². The third-order valence-electron chi connectivity index (χ3n) is 3.01. The summed E-state index contributed by atoms with van der Waals surface area (Å²) >= 11 is 6.01. The van der Waals surface area contributed by atoms with E-state index in [1.807, 2.05) is 6.92 Å². The molecule has 5 heteroatoms. The number of ether oxygens (including phenoxy) is 1. The van der Waals surface area contributed by atoms with E-state index in [0.717, 1.165) is 17.7 Å². The maximum Gasteiger partial charge on any atom is 0.135 e. The molecule has 0 saturated carbocycles. The third-order valence-corrected chi connectivity index (χ3v) is 3.34. The molecular formula is C15H13ClF2O2. The molecule has 2 rings (SSSR count). The van der Waals surface area contributed by atoms with Crippen LogP contribution in [0, 0.1) is 18.6 Å². The Hall–Kier alpha value is -1.65. The van der Waals surface area contributed by atoms with Crippen molar-refractivity contribution in [3.05, 3.63) is 63.7 Å². The molecule has 0 radical (unpaired) electrons. The smallest absolute Gasteiger partial charge is 0.135 e. The number of aliphatic hydroxyl groups is 1. The molecule has 2 nitrogen and oxygen atoms in total. The highest BCUT2D eigenvalue weighted by atomic mass is 35.5. The average molecular weight is 299 g/mol. The summed E-state index contributed by atoms with van der Waals surface area (Å²) in [4.78, 5) is 0. The molecule has 0 amide bonds. The predicted molar refractivity (Wildman–Crippen MR) is 73.2 cm³/mol. The minimum Gasteiger partial charge on any atom is -0.497 e. The molecule has 0 spiro atoms. The molecule has 0 aliphatic rings. The van der Waals surface area contributed by atoms with Gasteiger partial charge in [-0.05, 0) is 18.6 Å². The first kappa shape index (κ1) is 14.8. The van der Waals surface area contributed by atoms with Gasteiger partial charge in [-0.3, -0.25) is 0 Å². The van der Waals surface area contributed by atoms with Crippen molar-refractivity contribution in [1.82, 2.24) is 0 Å². The van der Waals surface area contributed by atoms with Gasteiger partial charge in [-0.2, -0.15) is 0 Å². The van der Waals surface area contributed by atoms with Crippen LogP contribution in [0.25, 0.3) is 0 Å². The first-order valence-electron chi connectivity index (χ1n) is 5.91. The predicted octanol–water partition coefficient (Wildman–Crippen LogP) is 4.02. The molecule has 20 heavy (non-hydrogen) atoms. The van der Waals surface area contributed by atoms with Crippen LogP contribution in [0.3, 0.4) is 0 Å². The first-order chi connectivity index (χ1) is 9.43. The molecule has 0 aliphatic carbocycles. The van der Waals surface area contributed by atoms with Crippen LogP contribution in [0.5, 0.6) is 5.75 Å². The summed E-state index contributed by atoms with van der Waals surface area (Å²) in [7, 11) is 1.31. The zero-order valence-corrected chi connectivity index (χ0v) is 11.7. The number of rotatable bonds is 3. The quantitative estimate of drug-likeness (QED) is 0.927. The van der Waals surface area contributed by atoms with Gasteiger partial charge in [-0.1, -0.05) is 23.7 Å². The van der Waals surface area contributed by atoms with Crippen LogP contribution < -0.4 is 4.74 Å². The SMILES string of the molecule is COc1cc(F)c(C(O)c2ccc(C)cc2Cl)c(F)c1. The second-order valence-corrected chi connectivity index (χ2v) is 4.84. The van der Waals surface area contributed by atoms with Gasteiger partial charge in [-0.25, -0.2) is 8.78 Å². The zero-order valence-electron chi connectivity index (χ0n) is 11.0. The Labute approximate surface area is 120 Å². The third kappa shape index (κ3) is 2.76. The van der Waals surface area contributed by atoms with Crippen molar-refractivity contribution in [2.45, 2.75) is 13.0 Å². The van der Waals surface area contributed by atoms with E-state index in [0.29, 0.717) is 0 Å². The number of aliphatic hydroxyl groups excluding tert-OH is 1. The number of benzene rings is 2. The van der Waals surface area contributed by atoms with Crippen molar-refractivity contribution in [2.75, 3.05) is 7.11 Å². The number of methoxy groups -OCH3 is 1. The lowest BCUT2D eigenvalue weighted by atomic mass is 9.99. The van der Waals surface area contributed by atoms with Gasteiger partial charge in [0.2, 0.25) is 0 Å². The van der Waals surface area contributed by atoms with E-state index in [-0.39, 0.29) is 16.3 Å². The lowest BCUT2D eigenvalue weighted by molar-refractivity contribution is 0.208. The highest BCUT2D eigenvalue weighted by molar-refractivity contribution is 6.31. The van der Waals surface area contributed by atoms with Crippen LogP contribution >= 0.6 is 11.6 Å². The molecular weight excluding hydrogens is 286 g/mol. The van der Waals surface area contributed by atoms with Crippen LogP contribution in [0.2, 0.25) is 5.02 Å². The van der Waals surface area contributed by atoms with E-state index in [1.54, 1.807) is 18.2 Å². The van der Waals surface area contributed by atoms with Crippen LogP contribution in [-0.4, -0.2) is 12.2 Å². The molecule has 1 unspecified atom stereocenters. The summed E-state index contributed by atoms with van der Waals surface area (Å²) in [6.07, 6.45) is -1.48. The normalized spacial score (nSPS) is 12.3. The Balaban J connectivity index is 2.50. The largest absolute Gasteiger partial charge is 0.497 e. The molecule has 0 saturated heterocycles. The van der Waals surface area contributed by atoms with Gasteiger partial charge in [0.1, 0.15) is 23.5 Å². The molecule has 2 aromatic rings. The van der Waals surface area contributed by atoms with E-state index in [2.05, 4.69) is 0 Å². The Bertz CT molecular complexity index is 621. The lowest BCUT2D eigenvalue weighted by Gasteiger charge is -2.16. The van der Waals surface area contributed by atoms with Gasteiger partial charge in [0, 0.05) is 22.7 Å². The summed E-state index contributed by atoms with van der Waals surface area (Å²) in [5.74, 6) is -1.72. The van der Waals surface area contributed by atoms with Crippen molar-refractivity contribution in [2.24, 2.45) is 0 Å². The second kappa shape index (κ2) is 5.77. The minimum atomic E-state index is -1.48. The maximum atomic E-state index is 13.9. The molecule has 0 heterocycles. The van der Waals surface area contributed by atoms with Gasteiger partial charge >= 0.3 is 0 Å². The summed E-state index contributed by atoms with van der Waals surface area (Å²) in [6.45, 7) is 1.83. The Kier molecular flexibility index (Phi) is 4.26. The Morgan fingerprint density at radius 2 is 1.75 bits per heavy atom. The summed E-state index contributed by atoms with van der Waals surface area (Å²) in [5.41, 5.74) is 0.693. The average Bonchev–Trinajstić information content (AvgIpc) is 2.37. The molecule has 0 bridgehead atoms. The highest BCUT2D eigenvalue weighted by Gasteiger charge is 2.23. The van der Waals surface area contributed by atoms with E-state index < -0.39 is 23.3 Å². The van der Waals surface area contributed by atoms with Crippen molar-refractivity contribution < 1.29 is 18.6 Å². The second-order valence-electron chi connectivity index (χ2n) is 4.43. The van der Waals surface area contributed by atoms with E-state index >= 15 is 0 Å². The fraction of sp³-hybridized carbons (Fsp3) is 0.200. The van der Waals surface area contributed by atoms with Gasteiger partial charge < -0.3 is 9.84 Å². The molecule has 0 aliphatic heterocycles.